The first-order valence-corrected chi connectivity index (χ1v) is 3.92. The Morgan fingerprint density at radius 1 is 1.67 bits per heavy atom. The second kappa shape index (κ2) is 3.39. The molecule has 0 amide bonds. The highest BCUT2D eigenvalue weighted by molar-refractivity contribution is 5.67. The molecule has 0 radical (unpaired) electrons. The van der Waals surface area contributed by atoms with Gasteiger partial charge >= 0.3 is 0 Å². The number of aromatic nitrogens is 1. The van der Waals surface area contributed by atoms with Crippen molar-refractivity contribution in [1.82, 2.24) is 4.98 Å². The Balaban J connectivity index is 3.01. The third-order valence-electron chi connectivity index (χ3n) is 1.78. The first kappa shape index (κ1) is 8.78. The fraction of sp³-hybridized carbons (Fsp3) is 0.300. The van der Waals surface area contributed by atoms with E-state index in [2.05, 4.69) is 32.0 Å². The summed E-state index contributed by atoms with van der Waals surface area (Å²) >= 11 is 0. The lowest BCUT2D eigenvalue weighted by Crippen LogP contribution is -1.93. The summed E-state index contributed by atoms with van der Waals surface area (Å²) in [6, 6.07) is 0. The van der Waals surface area contributed by atoms with Gasteiger partial charge in [0.05, 0.1) is 0 Å². The molecule has 0 N–H and O–H groups in total. The van der Waals surface area contributed by atoms with E-state index in [0.29, 0.717) is 11.7 Å². The lowest BCUT2D eigenvalue weighted by Gasteiger charge is -2.05. The number of hydrogen-bond donors (Lipinski definition) is 0. The summed E-state index contributed by atoms with van der Waals surface area (Å²) in [5.74, 6) is 1.09. The molecule has 0 aliphatic rings. The maximum atomic E-state index is 5.10. The van der Waals surface area contributed by atoms with Crippen LogP contribution in [-0.4, -0.2) is 4.98 Å². The third kappa shape index (κ3) is 1.47. The first-order chi connectivity index (χ1) is 5.66. The molecule has 0 saturated carbocycles. The molecular weight excluding hydrogens is 150 g/mol. The van der Waals surface area contributed by atoms with Crippen LogP contribution in [0.4, 0.5) is 0 Å². The van der Waals surface area contributed by atoms with E-state index >= 15 is 0 Å². The minimum atomic E-state index is 0.383. The molecule has 64 valence electrons. The van der Waals surface area contributed by atoms with Crippen molar-refractivity contribution < 1.29 is 4.42 Å². The average molecular weight is 163 g/mol. The minimum absolute atomic E-state index is 0.383. The molecule has 1 heterocycles. The van der Waals surface area contributed by atoms with Gasteiger partial charge in [-0.1, -0.05) is 27.0 Å². The number of nitrogens with zero attached hydrogens (tertiary/aromatic N) is 1. The summed E-state index contributed by atoms with van der Waals surface area (Å²) in [4.78, 5) is 4.07. The van der Waals surface area contributed by atoms with Crippen molar-refractivity contribution in [3.63, 3.8) is 0 Å². The highest BCUT2D eigenvalue weighted by Gasteiger charge is 2.10. The van der Waals surface area contributed by atoms with E-state index in [1.807, 2.05) is 0 Å². The van der Waals surface area contributed by atoms with Crippen LogP contribution in [-0.2, 0) is 0 Å². The van der Waals surface area contributed by atoms with Crippen LogP contribution in [0.5, 0.6) is 0 Å². The van der Waals surface area contributed by atoms with E-state index in [1.54, 1.807) is 6.08 Å². The SMILES string of the molecule is C=Cc1ocnc1C(=C)C(C)C. The highest BCUT2D eigenvalue weighted by atomic mass is 16.3. The third-order valence-corrected chi connectivity index (χ3v) is 1.78. The molecule has 1 rings (SSSR count). The molecule has 0 aliphatic heterocycles. The molecule has 0 aromatic carbocycles. The van der Waals surface area contributed by atoms with Gasteiger partial charge in [0.15, 0.2) is 12.2 Å². The molecule has 0 bridgehead atoms. The van der Waals surface area contributed by atoms with Gasteiger partial charge in [-0.2, -0.15) is 0 Å². The lowest BCUT2D eigenvalue weighted by molar-refractivity contribution is 0.547. The number of rotatable bonds is 3. The predicted molar refractivity (Wildman–Crippen MR) is 50.5 cm³/mol. The molecule has 0 aliphatic carbocycles. The van der Waals surface area contributed by atoms with E-state index < -0.39 is 0 Å². The van der Waals surface area contributed by atoms with Gasteiger partial charge in [-0.25, -0.2) is 4.98 Å². The number of allylic oxidation sites excluding steroid dienone is 1. The Kier molecular flexibility index (Phi) is 2.48. The molecule has 1 aromatic heterocycles. The molecular formula is C10H13NO. The normalized spacial score (nSPS) is 10.2. The summed E-state index contributed by atoms with van der Waals surface area (Å²) in [7, 11) is 0. The van der Waals surface area contributed by atoms with Gasteiger partial charge in [-0.05, 0) is 17.6 Å². The van der Waals surface area contributed by atoms with Crippen molar-refractivity contribution in [3.05, 3.63) is 31.0 Å². The zero-order valence-electron chi connectivity index (χ0n) is 7.50. The largest absolute Gasteiger partial charge is 0.443 e. The summed E-state index contributed by atoms with van der Waals surface area (Å²) in [6.45, 7) is 11.7. The predicted octanol–water partition coefficient (Wildman–Crippen LogP) is 2.99. The summed E-state index contributed by atoms with van der Waals surface area (Å²) in [5, 5.41) is 0. The summed E-state index contributed by atoms with van der Waals surface area (Å²) in [5.41, 5.74) is 1.80. The van der Waals surface area contributed by atoms with Crippen molar-refractivity contribution in [2.24, 2.45) is 5.92 Å². The molecule has 2 heteroatoms. The van der Waals surface area contributed by atoms with Gasteiger partial charge in [0.1, 0.15) is 5.69 Å². The fourth-order valence-electron chi connectivity index (χ4n) is 0.915. The van der Waals surface area contributed by atoms with E-state index in [1.165, 1.54) is 6.39 Å². The van der Waals surface area contributed by atoms with Crippen LogP contribution in [0.15, 0.2) is 24.0 Å². The van der Waals surface area contributed by atoms with Gasteiger partial charge in [-0.3, -0.25) is 0 Å². The second-order valence-corrected chi connectivity index (χ2v) is 2.95. The van der Waals surface area contributed by atoms with E-state index in [0.717, 1.165) is 11.3 Å². The monoisotopic (exact) mass is 163 g/mol. The van der Waals surface area contributed by atoms with Gasteiger partial charge in [-0.15, -0.1) is 0 Å². The van der Waals surface area contributed by atoms with Gasteiger partial charge in [0, 0.05) is 0 Å². The van der Waals surface area contributed by atoms with Crippen LogP contribution in [0.25, 0.3) is 11.6 Å². The fourth-order valence-corrected chi connectivity index (χ4v) is 0.915. The maximum absolute atomic E-state index is 5.10. The molecule has 0 fully saturated rings. The van der Waals surface area contributed by atoms with Crippen molar-refractivity contribution in [2.75, 3.05) is 0 Å². The molecule has 2 nitrogen and oxygen atoms in total. The Hall–Kier alpha value is -1.31. The Morgan fingerprint density at radius 3 is 2.83 bits per heavy atom. The van der Waals surface area contributed by atoms with Crippen LogP contribution in [0.1, 0.15) is 25.3 Å². The molecule has 1 aromatic rings. The first-order valence-electron chi connectivity index (χ1n) is 3.92. The van der Waals surface area contributed by atoms with Crippen LogP contribution in [0.2, 0.25) is 0 Å². The van der Waals surface area contributed by atoms with Gasteiger partial charge < -0.3 is 4.42 Å². The van der Waals surface area contributed by atoms with Gasteiger partial charge in [0.2, 0.25) is 0 Å². The van der Waals surface area contributed by atoms with Crippen LogP contribution in [0, 0.1) is 5.92 Å². The molecule has 0 atom stereocenters. The summed E-state index contributed by atoms with van der Waals surface area (Å²) < 4.78 is 5.10. The molecule has 0 saturated heterocycles. The second-order valence-electron chi connectivity index (χ2n) is 2.95. The Morgan fingerprint density at radius 2 is 2.33 bits per heavy atom. The average Bonchev–Trinajstić information content (AvgIpc) is 2.49. The lowest BCUT2D eigenvalue weighted by atomic mass is 10.0. The number of oxazole rings is 1. The quantitative estimate of drug-likeness (QED) is 0.684. The number of hydrogen-bond acceptors (Lipinski definition) is 2. The zero-order chi connectivity index (χ0) is 9.14. The Bertz CT molecular complexity index is 297. The van der Waals surface area contributed by atoms with Crippen molar-refractivity contribution >= 4 is 11.6 Å². The van der Waals surface area contributed by atoms with Crippen LogP contribution < -0.4 is 0 Å². The summed E-state index contributed by atoms with van der Waals surface area (Å²) in [6.07, 6.45) is 3.07. The highest BCUT2D eigenvalue weighted by Crippen LogP contribution is 2.23. The molecule has 0 spiro atoms. The van der Waals surface area contributed by atoms with Crippen LogP contribution >= 0.6 is 0 Å². The molecule has 12 heavy (non-hydrogen) atoms. The molecule has 0 unspecified atom stereocenters. The smallest absolute Gasteiger partial charge is 0.181 e. The van der Waals surface area contributed by atoms with Crippen molar-refractivity contribution in [1.29, 1.82) is 0 Å². The zero-order valence-corrected chi connectivity index (χ0v) is 7.50. The van der Waals surface area contributed by atoms with Crippen LogP contribution in [0.3, 0.4) is 0 Å². The van der Waals surface area contributed by atoms with E-state index in [4.69, 9.17) is 4.42 Å². The standard InChI is InChI=1S/C10H13NO/c1-5-9-10(11-6-12-9)8(4)7(2)3/h5-7H,1,4H2,2-3H3. The topological polar surface area (TPSA) is 26.0 Å². The van der Waals surface area contributed by atoms with E-state index in [9.17, 15) is 0 Å². The maximum Gasteiger partial charge on any atom is 0.181 e. The Labute approximate surface area is 72.6 Å². The van der Waals surface area contributed by atoms with Crippen molar-refractivity contribution in [3.8, 4) is 0 Å². The van der Waals surface area contributed by atoms with Gasteiger partial charge in [0.25, 0.3) is 0 Å². The minimum Gasteiger partial charge on any atom is -0.443 e. The van der Waals surface area contributed by atoms with Crippen molar-refractivity contribution in [2.45, 2.75) is 13.8 Å². The van der Waals surface area contributed by atoms with E-state index in [-0.39, 0.29) is 0 Å².